The third kappa shape index (κ3) is 3.54. The maximum atomic E-state index is 10.2. The molecular formula is C20H23ClN4O4. The Labute approximate surface area is 173 Å². The number of halogens is 1. The minimum absolute atomic E-state index is 0.0818. The smallest absolute Gasteiger partial charge is 0.303 e. The number of carboxylic acid groups (broad SMARTS) is 1. The molecule has 4 N–H and O–H groups in total. The molecule has 2 bridgehead atoms. The molecule has 3 aliphatic carbocycles. The Balaban J connectivity index is 0.000000188. The van der Waals surface area contributed by atoms with Gasteiger partial charge >= 0.3 is 5.97 Å². The van der Waals surface area contributed by atoms with E-state index in [2.05, 4.69) is 15.9 Å². The first kappa shape index (κ1) is 20.0. The molecule has 4 fully saturated rings. The van der Waals surface area contributed by atoms with Crippen LogP contribution < -0.4 is 5.73 Å². The molecule has 8 nitrogen and oxygen atoms in total. The van der Waals surface area contributed by atoms with Gasteiger partial charge in [0, 0.05) is 6.20 Å². The van der Waals surface area contributed by atoms with Crippen molar-refractivity contribution in [3.05, 3.63) is 17.5 Å². The third-order valence-corrected chi connectivity index (χ3v) is 6.42. The summed E-state index contributed by atoms with van der Waals surface area (Å²) in [5.41, 5.74) is 5.77. The van der Waals surface area contributed by atoms with Gasteiger partial charge in [0.1, 0.15) is 17.7 Å². The van der Waals surface area contributed by atoms with E-state index in [0.717, 1.165) is 5.92 Å². The van der Waals surface area contributed by atoms with Crippen LogP contribution in [0.15, 0.2) is 12.3 Å². The van der Waals surface area contributed by atoms with Gasteiger partial charge in [-0.15, -0.1) is 6.42 Å². The van der Waals surface area contributed by atoms with Crippen LogP contribution in [-0.2, 0) is 9.53 Å². The number of terminal acetylenes is 1. The van der Waals surface area contributed by atoms with E-state index in [-0.39, 0.29) is 23.5 Å². The highest BCUT2D eigenvalue weighted by molar-refractivity contribution is 6.28. The van der Waals surface area contributed by atoms with Crippen LogP contribution in [0.1, 0.15) is 44.8 Å². The van der Waals surface area contributed by atoms with Crippen LogP contribution in [0.4, 0.5) is 5.82 Å². The quantitative estimate of drug-likeness (QED) is 0.515. The number of nitrogens with zero attached hydrogens (tertiary/aromatic N) is 3. The fraction of sp³-hybridized carbons (Fsp3) is 0.550. The van der Waals surface area contributed by atoms with Gasteiger partial charge in [-0.25, -0.2) is 4.98 Å². The van der Waals surface area contributed by atoms with Gasteiger partial charge in [-0.05, 0) is 61.1 Å². The summed E-state index contributed by atoms with van der Waals surface area (Å²) in [4.78, 5) is 18.3. The van der Waals surface area contributed by atoms with Gasteiger partial charge in [0.05, 0.1) is 18.4 Å². The number of aromatic nitrogens is 3. The van der Waals surface area contributed by atoms with E-state index < -0.39 is 11.6 Å². The number of ether oxygens (including phenoxy) is 1. The number of nitrogens with two attached hydrogens (primary N) is 1. The van der Waals surface area contributed by atoms with Crippen LogP contribution in [0.3, 0.4) is 0 Å². The van der Waals surface area contributed by atoms with Crippen LogP contribution in [0.5, 0.6) is 0 Å². The van der Waals surface area contributed by atoms with E-state index in [4.69, 9.17) is 33.6 Å². The molecule has 4 aliphatic rings. The number of anilines is 1. The highest BCUT2D eigenvalue weighted by atomic mass is 35.5. The maximum absolute atomic E-state index is 10.2. The molecule has 3 saturated carbocycles. The topological polar surface area (TPSA) is 123 Å². The predicted octanol–water partition coefficient (Wildman–Crippen LogP) is 2.60. The third-order valence-electron chi connectivity index (χ3n) is 6.25. The fourth-order valence-corrected chi connectivity index (χ4v) is 4.83. The van der Waals surface area contributed by atoms with Crippen molar-refractivity contribution in [1.29, 1.82) is 0 Å². The largest absolute Gasteiger partial charge is 0.481 e. The summed E-state index contributed by atoms with van der Waals surface area (Å²) >= 11 is 5.84. The van der Waals surface area contributed by atoms with E-state index >= 15 is 0 Å². The molecule has 0 aromatic carbocycles. The number of aliphatic carboxylic acids is 1. The Morgan fingerprint density at radius 1 is 1.45 bits per heavy atom. The summed E-state index contributed by atoms with van der Waals surface area (Å²) in [5.74, 6) is 3.13. The molecule has 9 heteroatoms. The van der Waals surface area contributed by atoms with Crippen molar-refractivity contribution < 1.29 is 19.7 Å². The van der Waals surface area contributed by atoms with Crippen molar-refractivity contribution >= 4 is 34.4 Å². The van der Waals surface area contributed by atoms with Crippen molar-refractivity contribution in [2.24, 2.45) is 11.3 Å². The molecule has 0 spiro atoms. The number of aliphatic hydroxyl groups excluding tert-OH is 1. The Kier molecular flexibility index (Phi) is 4.93. The molecule has 2 aromatic heterocycles. The second kappa shape index (κ2) is 7.17. The average molecular weight is 419 g/mol. The summed E-state index contributed by atoms with van der Waals surface area (Å²) in [6.07, 6.45) is 12.2. The van der Waals surface area contributed by atoms with Gasteiger partial charge in [0.25, 0.3) is 0 Å². The fourth-order valence-electron chi connectivity index (χ4n) is 4.66. The molecule has 1 aliphatic heterocycles. The summed E-state index contributed by atoms with van der Waals surface area (Å²) < 4.78 is 7.63. The Bertz CT molecular complexity index is 983. The normalized spacial score (nSPS) is 31.9. The molecular weight excluding hydrogens is 396 g/mol. The first-order chi connectivity index (χ1) is 13.8. The zero-order valence-corrected chi connectivity index (χ0v) is 16.6. The summed E-state index contributed by atoms with van der Waals surface area (Å²) in [6, 6.07) is 1.80. The molecule has 0 radical (unpaired) electrons. The molecule has 0 amide bonds. The van der Waals surface area contributed by atoms with Crippen molar-refractivity contribution in [2.75, 3.05) is 12.3 Å². The maximum Gasteiger partial charge on any atom is 0.303 e. The van der Waals surface area contributed by atoms with Crippen molar-refractivity contribution in [3.8, 4) is 12.3 Å². The Hall–Kier alpha value is -2.34. The first-order valence-corrected chi connectivity index (χ1v) is 9.94. The number of nitrogen functional groups attached to an aromatic ring is 1. The van der Waals surface area contributed by atoms with Crippen LogP contribution in [0.2, 0.25) is 5.28 Å². The highest BCUT2D eigenvalue weighted by Gasteiger charge is 2.57. The first-order valence-electron chi connectivity index (χ1n) is 9.56. The second-order valence-electron chi connectivity index (χ2n) is 8.29. The number of rotatable bonds is 4. The zero-order valence-electron chi connectivity index (χ0n) is 15.8. The minimum atomic E-state index is -0.927. The second-order valence-corrected chi connectivity index (χ2v) is 8.63. The molecule has 1 unspecified atom stereocenters. The summed E-state index contributed by atoms with van der Waals surface area (Å²) in [7, 11) is 0. The van der Waals surface area contributed by atoms with Gasteiger partial charge in [0.2, 0.25) is 5.28 Å². The molecule has 6 rings (SSSR count). The van der Waals surface area contributed by atoms with Gasteiger partial charge in [0.15, 0.2) is 5.60 Å². The van der Waals surface area contributed by atoms with Crippen molar-refractivity contribution in [1.82, 2.24) is 14.5 Å². The minimum Gasteiger partial charge on any atom is -0.481 e. The number of hydrogen-bond acceptors (Lipinski definition) is 6. The van der Waals surface area contributed by atoms with Gasteiger partial charge in [-0.2, -0.15) is 4.98 Å². The van der Waals surface area contributed by atoms with Crippen molar-refractivity contribution in [3.63, 3.8) is 0 Å². The zero-order chi connectivity index (χ0) is 20.8. The SMILES string of the molecule is C#C[C@@]1(CO)CCC(n2ccc3c(N)nc(Cl)nc32)O1.O=C(O)CC12CC(C1)C2. The molecule has 2 aromatic rings. The molecule has 2 atom stereocenters. The van der Waals surface area contributed by atoms with Crippen LogP contribution >= 0.6 is 11.6 Å². The lowest BCUT2D eigenvalue weighted by molar-refractivity contribution is -0.158. The van der Waals surface area contributed by atoms with Crippen LogP contribution in [0.25, 0.3) is 11.0 Å². The summed E-state index contributed by atoms with van der Waals surface area (Å²) in [6.45, 7) is -0.211. The number of hydrogen-bond donors (Lipinski definition) is 3. The number of carboxylic acids is 1. The van der Waals surface area contributed by atoms with Crippen LogP contribution in [0, 0.1) is 23.7 Å². The van der Waals surface area contributed by atoms with E-state index in [1.54, 1.807) is 12.3 Å². The average Bonchev–Trinajstić information content (AvgIpc) is 3.22. The molecule has 154 valence electrons. The van der Waals surface area contributed by atoms with Gasteiger partial charge < -0.3 is 25.3 Å². The monoisotopic (exact) mass is 418 g/mol. The Morgan fingerprint density at radius 3 is 2.66 bits per heavy atom. The highest BCUT2D eigenvalue weighted by Crippen LogP contribution is 2.66. The standard InChI is InChI=1S/C13H13ClN4O2.C7H10O2/c1-2-13(7-19)5-3-9(20-13)18-6-4-8-10(15)16-12(14)17-11(8)18;8-6(9)4-7-1-5(2-7)3-7/h1,4,6,9,19H,3,5,7H2,(H2,15,16,17);5H,1-4H2,(H,8,9)/t9?,13-;/m0./s1. The number of carbonyl (C=O) groups is 1. The number of aliphatic hydroxyl groups is 1. The Morgan fingerprint density at radius 2 is 2.17 bits per heavy atom. The van der Waals surface area contributed by atoms with E-state index in [9.17, 15) is 9.90 Å². The molecule has 29 heavy (non-hydrogen) atoms. The van der Waals surface area contributed by atoms with Crippen molar-refractivity contribution in [2.45, 2.75) is 50.4 Å². The van der Waals surface area contributed by atoms with E-state index in [1.165, 1.54) is 19.3 Å². The lowest BCUT2D eigenvalue weighted by Crippen LogP contribution is -2.52. The van der Waals surface area contributed by atoms with E-state index in [0.29, 0.717) is 36.1 Å². The molecule has 1 saturated heterocycles. The van der Waals surface area contributed by atoms with E-state index in [1.807, 2.05) is 4.57 Å². The molecule has 3 heterocycles. The van der Waals surface area contributed by atoms with Crippen LogP contribution in [-0.4, -0.2) is 42.9 Å². The lowest BCUT2D eigenvalue weighted by atomic mass is 9.43. The predicted molar refractivity (Wildman–Crippen MR) is 107 cm³/mol. The summed E-state index contributed by atoms with van der Waals surface area (Å²) in [5, 5.41) is 18.6. The number of fused-ring (bicyclic) bond motifs is 1. The van der Waals surface area contributed by atoms with Gasteiger partial charge in [-0.3, -0.25) is 4.79 Å². The lowest BCUT2D eigenvalue weighted by Gasteiger charge is -2.61. The van der Waals surface area contributed by atoms with Gasteiger partial charge in [-0.1, -0.05) is 5.92 Å².